The van der Waals surface area contributed by atoms with Crippen molar-refractivity contribution >= 4 is 17.2 Å². The summed E-state index contributed by atoms with van der Waals surface area (Å²) in [5, 5.41) is 5.57. The predicted molar refractivity (Wildman–Crippen MR) is 70.8 cm³/mol. The van der Waals surface area contributed by atoms with Crippen molar-refractivity contribution in [3.8, 4) is 0 Å². The second-order valence-corrected chi connectivity index (χ2v) is 5.69. The number of hydrogen-bond donors (Lipinski definition) is 2. The van der Waals surface area contributed by atoms with Crippen LogP contribution >= 0.6 is 11.3 Å². The van der Waals surface area contributed by atoms with Crippen LogP contribution in [-0.4, -0.2) is 36.2 Å². The highest BCUT2D eigenvalue weighted by atomic mass is 32.1. The lowest BCUT2D eigenvalue weighted by atomic mass is 10.0. The van der Waals surface area contributed by atoms with Crippen molar-refractivity contribution in [1.82, 2.24) is 10.3 Å². The number of nitrogens with zero attached hydrogens (tertiary/aromatic N) is 1. The van der Waals surface area contributed by atoms with Gasteiger partial charge in [0.15, 0.2) is 0 Å². The Labute approximate surface area is 111 Å². The minimum atomic E-state index is -0.216. The molecule has 0 aromatic carbocycles. The van der Waals surface area contributed by atoms with Gasteiger partial charge in [-0.2, -0.15) is 0 Å². The minimum absolute atomic E-state index is 0.133. The number of nitrogens with one attached hydrogen (secondary N) is 1. The van der Waals surface area contributed by atoms with E-state index in [1.807, 2.05) is 6.92 Å². The largest absolute Gasteiger partial charge is 0.373 e. The van der Waals surface area contributed by atoms with Gasteiger partial charge in [-0.15, -0.1) is 11.3 Å². The third kappa shape index (κ3) is 3.28. The van der Waals surface area contributed by atoms with Gasteiger partial charge in [-0.3, -0.25) is 4.79 Å². The molecule has 1 saturated heterocycles. The Morgan fingerprint density at radius 1 is 1.72 bits per heavy atom. The summed E-state index contributed by atoms with van der Waals surface area (Å²) in [6.45, 7) is 3.90. The third-order valence-corrected chi connectivity index (χ3v) is 3.97. The first kappa shape index (κ1) is 13.5. The van der Waals surface area contributed by atoms with Crippen molar-refractivity contribution in [3.05, 3.63) is 16.1 Å². The number of aromatic nitrogens is 1. The van der Waals surface area contributed by atoms with Crippen molar-refractivity contribution < 1.29 is 9.53 Å². The monoisotopic (exact) mass is 269 g/mol. The Kier molecular flexibility index (Phi) is 4.31. The number of carbonyl (C=O) groups is 1. The highest BCUT2D eigenvalue weighted by molar-refractivity contribution is 7.09. The summed E-state index contributed by atoms with van der Waals surface area (Å²) < 4.78 is 5.62. The number of nitrogens with two attached hydrogens (primary N) is 1. The van der Waals surface area contributed by atoms with E-state index in [1.165, 1.54) is 11.3 Å². The summed E-state index contributed by atoms with van der Waals surface area (Å²) in [5.74, 6) is -0.133. The van der Waals surface area contributed by atoms with Crippen LogP contribution in [-0.2, 0) is 11.2 Å². The number of amides is 1. The zero-order valence-corrected chi connectivity index (χ0v) is 11.4. The fourth-order valence-electron chi connectivity index (χ4n) is 1.99. The topological polar surface area (TPSA) is 77.2 Å². The van der Waals surface area contributed by atoms with Crippen LogP contribution in [0.5, 0.6) is 0 Å². The molecule has 3 N–H and O–H groups in total. The van der Waals surface area contributed by atoms with E-state index in [0.717, 1.165) is 30.9 Å². The first-order valence-electron chi connectivity index (χ1n) is 6.20. The Morgan fingerprint density at radius 3 is 3.22 bits per heavy atom. The van der Waals surface area contributed by atoms with Gasteiger partial charge in [0.1, 0.15) is 5.69 Å². The van der Waals surface area contributed by atoms with E-state index in [4.69, 9.17) is 10.5 Å². The molecule has 1 unspecified atom stereocenters. The molecule has 0 bridgehead atoms. The zero-order chi connectivity index (χ0) is 13.0. The van der Waals surface area contributed by atoms with Crippen molar-refractivity contribution in [3.63, 3.8) is 0 Å². The van der Waals surface area contributed by atoms with Crippen molar-refractivity contribution in [2.45, 2.75) is 31.8 Å². The molecular formula is C12H19N3O2S. The van der Waals surface area contributed by atoms with Gasteiger partial charge in [0.05, 0.1) is 10.6 Å². The molecule has 1 amide bonds. The minimum Gasteiger partial charge on any atom is -0.373 e. The van der Waals surface area contributed by atoms with E-state index in [0.29, 0.717) is 18.8 Å². The molecule has 18 heavy (non-hydrogen) atoms. The lowest BCUT2D eigenvalue weighted by Crippen LogP contribution is -2.40. The first-order valence-corrected chi connectivity index (χ1v) is 7.07. The lowest BCUT2D eigenvalue weighted by Gasteiger charge is -2.22. The normalized spacial score (nSPS) is 23.2. The first-order chi connectivity index (χ1) is 8.63. The molecule has 1 aromatic heterocycles. The molecule has 2 rings (SSSR count). The predicted octanol–water partition coefficient (Wildman–Crippen LogP) is 0.943. The van der Waals surface area contributed by atoms with Crippen LogP contribution in [0, 0.1) is 0 Å². The Morgan fingerprint density at radius 2 is 2.56 bits per heavy atom. The number of ether oxygens (including phenoxy) is 1. The van der Waals surface area contributed by atoms with E-state index in [1.54, 1.807) is 5.38 Å². The van der Waals surface area contributed by atoms with Crippen LogP contribution in [0.25, 0.3) is 0 Å². The lowest BCUT2D eigenvalue weighted by molar-refractivity contribution is 0.0205. The fraction of sp³-hybridized carbons (Fsp3) is 0.667. The maximum atomic E-state index is 11.9. The molecule has 1 aliphatic rings. The van der Waals surface area contributed by atoms with Gasteiger partial charge in [-0.1, -0.05) is 0 Å². The Bertz CT molecular complexity index is 413. The summed E-state index contributed by atoms with van der Waals surface area (Å²) in [7, 11) is 0. The molecule has 0 aliphatic carbocycles. The number of hydrogen-bond acceptors (Lipinski definition) is 5. The van der Waals surface area contributed by atoms with Crippen LogP contribution in [0.15, 0.2) is 5.38 Å². The molecule has 100 valence electrons. The van der Waals surface area contributed by atoms with E-state index >= 15 is 0 Å². The highest BCUT2D eigenvalue weighted by Gasteiger charge is 2.30. The standard InChI is InChI=1S/C12H19N3O2S/c1-12(4-2-6-17-12)8-14-11(16)9-7-18-10(15-9)3-5-13/h7H,2-6,8,13H2,1H3,(H,14,16). The van der Waals surface area contributed by atoms with Crippen LogP contribution in [0.1, 0.15) is 35.3 Å². The second kappa shape index (κ2) is 5.77. The maximum Gasteiger partial charge on any atom is 0.270 e. The molecule has 0 spiro atoms. The average molecular weight is 269 g/mol. The Hall–Kier alpha value is -0.980. The quantitative estimate of drug-likeness (QED) is 0.834. The van der Waals surface area contributed by atoms with Gasteiger partial charge in [-0.25, -0.2) is 4.98 Å². The smallest absolute Gasteiger partial charge is 0.270 e. The summed E-state index contributed by atoms with van der Waals surface area (Å²) in [6, 6.07) is 0. The molecule has 1 aliphatic heterocycles. The molecule has 6 heteroatoms. The molecule has 1 atom stereocenters. The van der Waals surface area contributed by atoms with Gasteiger partial charge < -0.3 is 15.8 Å². The molecule has 5 nitrogen and oxygen atoms in total. The summed E-state index contributed by atoms with van der Waals surface area (Å²) in [6.07, 6.45) is 2.77. The molecule has 2 heterocycles. The summed E-state index contributed by atoms with van der Waals surface area (Å²) in [5.41, 5.74) is 5.71. The van der Waals surface area contributed by atoms with E-state index < -0.39 is 0 Å². The second-order valence-electron chi connectivity index (χ2n) is 4.75. The highest BCUT2D eigenvalue weighted by Crippen LogP contribution is 2.24. The van der Waals surface area contributed by atoms with Crippen molar-refractivity contribution in [1.29, 1.82) is 0 Å². The molecule has 0 radical (unpaired) electrons. The maximum absolute atomic E-state index is 11.9. The average Bonchev–Trinajstić information content (AvgIpc) is 2.97. The van der Waals surface area contributed by atoms with E-state index in [2.05, 4.69) is 10.3 Å². The SMILES string of the molecule is CC1(CNC(=O)c2csc(CCN)n2)CCCO1. The molecule has 0 saturated carbocycles. The van der Waals surface area contributed by atoms with E-state index in [-0.39, 0.29) is 11.5 Å². The van der Waals surface area contributed by atoms with Crippen LogP contribution in [0.2, 0.25) is 0 Å². The Balaban J connectivity index is 1.87. The number of carbonyl (C=O) groups excluding carboxylic acids is 1. The number of rotatable bonds is 5. The zero-order valence-electron chi connectivity index (χ0n) is 10.6. The van der Waals surface area contributed by atoms with Crippen LogP contribution < -0.4 is 11.1 Å². The van der Waals surface area contributed by atoms with Crippen LogP contribution in [0.3, 0.4) is 0 Å². The third-order valence-electron chi connectivity index (χ3n) is 3.07. The van der Waals surface area contributed by atoms with Gasteiger partial charge in [0, 0.05) is 25.0 Å². The van der Waals surface area contributed by atoms with Gasteiger partial charge >= 0.3 is 0 Å². The molecular weight excluding hydrogens is 250 g/mol. The summed E-state index contributed by atoms with van der Waals surface area (Å²) in [4.78, 5) is 16.2. The van der Waals surface area contributed by atoms with Gasteiger partial charge in [0.25, 0.3) is 5.91 Å². The van der Waals surface area contributed by atoms with Gasteiger partial charge in [0.2, 0.25) is 0 Å². The van der Waals surface area contributed by atoms with E-state index in [9.17, 15) is 4.79 Å². The molecule has 1 aromatic rings. The fourth-order valence-corrected chi connectivity index (χ4v) is 2.78. The van der Waals surface area contributed by atoms with Crippen LogP contribution in [0.4, 0.5) is 0 Å². The number of thiazole rings is 1. The van der Waals surface area contributed by atoms with Crippen molar-refractivity contribution in [2.24, 2.45) is 5.73 Å². The van der Waals surface area contributed by atoms with Crippen molar-refractivity contribution in [2.75, 3.05) is 19.7 Å². The summed E-state index contributed by atoms with van der Waals surface area (Å²) >= 11 is 1.48. The van der Waals surface area contributed by atoms with Gasteiger partial charge in [-0.05, 0) is 26.3 Å². The molecule has 1 fully saturated rings.